The SMILES string of the molecule is Cc1ccc(-n2cc(C(=O)O)nn2)c(C)c1F. The summed E-state index contributed by atoms with van der Waals surface area (Å²) >= 11 is 0. The van der Waals surface area contributed by atoms with Gasteiger partial charge in [-0.1, -0.05) is 11.3 Å². The van der Waals surface area contributed by atoms with Crippen molar-refractivity contribution < 1.29 is 14.3 Å². The molecule has 0 saturated carbocycles. The van der Waals surface area contributed by atoms with Crippen LogP contribution in [0.4, 0.5) is 4.39 Å². The molecule has 17 heavy (non-hydrogen) atoms. The molecule has 6 heteroatoms. The van der Waals surface area contributed by atoms with Crippen molar-refractivity contribution in [1.82, 2.24) is 15.0 Å². The Morgan fingerprint density at radius 1 is 1.41 bits per heavy atom. The van der Waals surface area contributed by atoms with E-state index in [1.54, 1.807) is 26.0 Å². The van der Waals surface area contributed by atoms with E-state index in [4.69, 9.17) is 5.11 Å². The maximum Gasteiger partial charge on any atom is 0.358 e. The van der Waals surface area contributed by atoms with Gasteiger partial charge in [0, 0.05) is 5.56 Å². The number of nitrogens with zero attached hydrogens (tertiary/aromatic N) is 3. The van der Waals surface area contributed by atoms with Gasteiger partial charge < -0.3 is 5.11 Å². The number of rotatable bonds is 2. The molecule has 1 aromatic carbocycles. The van der Waals surface area contributed by atoms with Gasteiger partial charge in [-0.15, -0.1) is 5.10 Å². The normalized spacial score (nSPS) is 10.5. The van der Waals surface area contributed by atoms with Gasteiger partial charge in [-0.2, -0.15) is 0 Å². The smallest absolute Gasteiger partial charge is 0.358 e. The fourth-order valence-electron chi connectivity index (χ4n) is 1.54. The van der Waals surface area contributed by atoms with E-state index in [9.17, 15) is 9.18 Å². The zero-order chi connectivity index (χ0) is 12.6. The summed E-state index contributed by atoms with van der Waals surface area (Å²) in [5.74, 6) is -1.49. The van der Waals surface area contributed by atoms with Crippen molar-refractivity contribution in [2.75, 3.05) is 0 Å². The van der Waals surface area contributed by atoms with E-state index in [1.165, 1.54) is 10.9 Å². The van der Waals surface area contributed by atoms with Crippen LogP contribution in [0.25, 0.3) is 5.69 Å². The average molecular weight is 235 g/mol. The van der Waals surface area contributed by atoms with Crippen LogP contribution in [-0.2, 0) is 0 Å². The summed E-state index contributed by atoms with van der Waals surface area (Å²) < 4.78 is 14.9. The molecule has 0 radical (unpaired) electrons. The van der Waals surface area contributed by atoms with E-state index in [2.05, 4.69) is 10.3 Å². The highest BCUT2D eigenvalue weighted by Gasteiger charge is 2.13. The molecular weight excluding hydrogens is 225 g/mol. The molecule has 1 N–H and O–H groups in total. The van der Waals surface area contributed by atoms with Gasteiger partial charge in [-0.3, -0.25) is 0 Å². The Balaban J connectivity index is 2.53. The molecule has 1 heterocycles. The van der Waals surface area contributed by atoms with E-state index in [0.717, 1.165) is 0 Å². The topological polar surface area (TPSA) is 68.0 Å². The lowest BCUT2D eigenvalue weighted by Crippen LogP contribution is -2.01. The van der Waals surface area contributed by atoms with Crippen LogP contribution in [0.5, 0.6) is 0 Å². The Labute approximate surface area is 96.5 Å². The van der Waals surface area contributed by atoms with Crippen molar-refractivity contribution in [3.63, 3.8) is 0 Å². The van der Waals surface area contributed by atoms with Crippen LogP contribution in [0.15, 0.2) is 18.3 Å². The molecule has 0 bridgehead atoms. The van der Waals surface area contributed by atoms with Crippen LogP contribution in [0, 0.1) is 19.7 Å². The maximum atomic E-state index is 13.7. The monoisotopic (exact) mass is 235 g/mol. The van der Waals surface area contributed by atoms with Crippen LogP contribution >= 0.6 is 0 Å². The molecule has 2 rings (SSSR count). The number of carboxylic acid groups (broad SMARTS) is 1. The first-order chi connectivity index (χ1) is 8.00. The van der Waals surface area contributed by atoms with Gasteiger partial charge in [-0.25, -0.2) is 13.9 Å². The molecule has 0 atom stereocenters. The Hall–Kier alpha value is -2.24. The largest absolute Gasteiger partial charge is 0.476 e. The lowest BCUT2D eigenvalue weighted by molar-refractivity contribution is 0.0690. The van der Waals surface area contributed by atoms with Crippen molar-refractivity contribution in [3.05, 3.63) is 41.0 Å². The van der Waals surface area contributed by atoms with Crippen LogP contribution in [-0.4, -0.2) is 26.1 Å². The molecule has 0 spiro atoms. The molecule has 0 amide bonds. The molecule has 0 unspecified atom stereocenters. The van der Waals surface area contributed by atoms with Crippen molar-refractivity contribution >= 4 is 5.97 Å². The van der Waals surface area contributed by atoms with Crippen molar-refractivity contribution in [3.8, 4) is 5.69 Å². The highest BCUT2D eigenvalue weighted by molar-refractivity contribution is 5.84. The summed E-state index contributed by atoms with van der Waals surface area (Å²) in [6.45, 7) is 3.27. The quantitative estimate of drug-likeness (QED) is 0.860. The molecule has 0 aliphatic rings. The fourth-order valence-corrected chi connectivity index (χ4v) is 1.54. The van der Waals surface area contributed by atoms with E-state index in [1.807, 2.05) is 0 Å². The van der Waals surface area contributed by atoms with Crippen LogP contribution in [0.2, 0.25) is 0 Å². The Morgan fingerprint density at radius 3 is 2.71 bits per heavy atom. The number of aromatic nitrogens is 3. The van der Waals surface area contributed by atoms with Crippen molar-refractivity contribution in [1.29, 1.82) is 0 Å². The van der Waals surface area contributed by atoms with Crippen LogP contribution in [0.1, 0.15) is 21.6 Å². The van der Waals surface area contributed by atoms with E-state index in [-0.39, 0.29) is 11.5 Å². The van der Waals surface area contributed by atoms with Crippen molar-refractivity contribution in [2.24, 2.45) is 0 Å². The van der Waals surface area contributed by atoms with Gasteiger partial charge in [0.15, 0.2) is 5.69 Å². The minimum atomic E-state index is -1.17. The first-order valence-electron chi connectivity index (χ1n) is 4.92. The second kappa shape index (κ2) is 3.97. The Bertz CT molecular complexity index is 592. The highest BCUT2D eigenvalue weighted by Crippen LogP contribution is 2.19. The lowest BCUT2D eigenvalue weighted by Gasteiger charge is -2.07. The predicted molar refractivity (Wildman–Crippen MR) is 57.8 cm³/mol. The summed E-state index contributed by atoms with van der Waals surface area (Å²) in [7, 11) is 0. The number of halogens is 1. The van der Waals surface area contributed by atoms with Gasteiger partial charge in [0.25, 0.3) is 0 Å². The number of carboxylic acids is 1. The zero-order valence-electron chi connectivity index (χ0n) is 9.31. The fraction of sp³-hybridized carbons (Fsp3) is 0.182. The zero-order valence-corrected chi connectivity index (χ0v) is 9.31. The third kappa shape index (κ3) is 1.89. The summed E-state index contributed by atoms with van der Waals surface area (Å²) in [6.07, 6.45) is 1.25. The summed E-state index contributed by atoms with van der Waals surface area (Å²) in [6, 6.07) is 3.29. The van der Waals surface area contributed by atoms with Gasteiger partial charge in [-0.05, 0) is 25.5 Å². The highest BCUT2D eigenvalue weighted by atomic mass is 19.1. The molecule has 0 fully saturated rings. The number of aryl methyl sites for hydroxylation is 1. The van der Waals surface area contributed by atoms with Crippen LogP contribution in [0.3, 0.4) is 0 Å². The third-order valence-electron chi connectivity index (χ3n) is 2.51. The maximum absolute atomic E-state index is 13.7. The third-order valence-corrected chi connectivity index (χ3v) is 2.51. The van der Waals surface area contributed by atoms with Gasteiger partial charge in [0.1, 0.15) is 5.82 Å². The Kier molecular flexibility index (Phi) is 2.63. The molecule has 88 valence electrons. The van der Waals surface area contributed by atoms with Gasteiger partial charge in [0.2, 0.25) is 0 Å². The molecule has 5 nitrogen and oxygen atoms in total. The second-order valence-electron chi connectivity index (χ2n) is 3.69. The molecule has 2 aromatic rings. The van der Waals surface area contributed by atoms with E-state index >= 15 is 0 Å². The molecule has 1 aromatic heterocycles. The predicted octanol–water partition coefficient (Wildman–Crippen LogP) is 1.72. The van der Waals surface area contributed by atoms with E-state index in [0.29, 0.717) is 16.8 Å². The summed E-state index contributed by atoms with van der Waals surface area (Å²) in [5, 5.41) is 15.9. The average Bonchev–Trinajstić information content (AvgIpc) is 2.75. The molecular formula is C11H10FN3O2. The minimum Gasteiger partial charge on any atom is -0.476 e. The molecule has 0 aliphatic carbocycles. The van der Waals surface area contributed by atoms with Crippen LogP contribution < -0.4 is 0 Å². The first kappa shape index (κ1) is 11.3. The van der Waals surface area contributed by atoms with Crippen molar-refractivity contribution in [2.45, 2.75) is 13.8 Å². The number of hydrogen-bond acceptors (Lipinski definition) is 3. The van der Waals surface area contributed by atoms with Gasteiger partial charge in [0.05, 0.1) is 11.9 Å². The number of carbonyl (C=O) groups is 1. The second-order valence-corrected chi connectivity index (χ2v) is 3.69. The Morgan fingerprint density at radius 2 is 2.12 bits per heavy atom. The lowest BCUT2D eigenvalue weighted by atomic mass is 10.1. The summed E-state index contributed by atoms with van der Waals surface area (Å²) in [4.78, 5) is 10.7. The van der Waals surface area contributed by atoms with E-state index < -0.39 is 5.97 Å². The standard InChI is InChI=1S/C11H10FN3O2/c1-6-3-4-9(7(2)10(6)12)15-5-8(11(16)17)13-14-15/h3-5H,1-2H3,(H,16,17). The number of hydrogen-bond donors (Lipinski definition) is 1. The first-order valence-corrected chi connectivity index (χ1v) is 4.92. The van der Waals surface area contributed by atoms with Gasteiger partial charge >= 0.3 is 5.97 Å². The molecule has 0 saturated heterocycles. The minimum absolute atomic E-state index is 0.176. The number of benzene rings is 1. The summed E-state index contributed by atoms with van der Waals surface area (Å²) in [5.41, 5.74) is 1.25. The molecule has 0 aliphatic heterocycles. The number of aromatic carboxylic acids is 1.